The van der Waals surface area contributed by atoms with E-state index in [0.29, 0.717) is 5.78 Å². The Hall–Kier alpha value is -2.30. The zero-order valence-corrected chi connectivity index (χ0v) is 20.2. The Morgan fingerprint density at radius 3 is 2.70 bits per heavy atom. The minimum absolute atomic E-state index is 0.0699. The van der Waals surface area contributed by atoms with Crippen LogP contribution in [-0.2, 0) is 4.79 Å². The number of hydrogen-bond donors (Lipinski definition) is 0. The molecule has 5 rings (SSSR count). The lowest BCUT2D eigenvalue weighted by Gasteiger charge is -2.29. The second-order valence-corrected chi connectivity index (χ2v) is 10.5. The molecule has 3 aromatic rings. The van der Waals surface area contributed by atoms with Crippen molar-refractivity contribution in [1.82, 2.24) is 9.88 Å². The third-order valence-corrected chi connectivity index (χ3v) is 8.46. The number of carbonyl (C=O) groups excluding carboxylic acids is 1. The van der Waals surface area contributed by atoms with Gasteiger partial charge in [0.25, 0.3) is 0 Å². The summed E-state index contributed by atoms with van der Waals surface area (Å²) >= 11 is 1.84. The summed E-state index contributed by atoms with van der Waals surface area (Å²) in [5.41, 5.74) is 3.83. The molecule has 0 amide bonds. The number of benzene rings is 1. The van der Waals surface area contributed by atoms with Gasteiger partial charge in [0.05, 0.1) is 11.6 Å². The first-order valence-corrected chi connectivity index (χ1v) is 13.5. The molecule has 1 unspecified atom stereocenters. The Morgan fingerprint density at radius 2 is 1.94 bits per heavy atom. The third kappa shape index (κ3) is 5.28. The summed E-state index contributed by atoms with van der Waals surface area (Å²) in [4.78, 5) is 20.7. The highest BCUT2D eigenvalue weighted by atomic mass is 32.1. The standard InChI is InChI=1S/C29H34N2OS/c32-28(23-8-3-1-2-4-9-23)26(27-12-5-6-17-30-27)15-20-31-18-13-22(14-19-31)25-11-7-10-24-16-21-33-29(24)25/h5-7,10-13,16-17,21,23,26H,1-4,8-9,14-15,18-20H2. The monoisotopic (exact) mass is 458 g/mol. The molecule has 4 heteroatoms. The second kappa shape index (κ2) is 10.8. The molecule has 0 saturated heterocycles. The van der Waals surface area contributed by atoms with E-state index in [1.165, 1.54) is 46.9 Å². The number of Topliss-reactive ketones (excluding diaryl/α,β-unsaturated/α-hetero) is 1. The van der Waals surface area contributed by atoms with Gasteiger partial charge in [-0.1, -0.05) is 56.0 Å². The van der Waals surface area contributed by atoms with Gasteiger partial charge in [-0.25, -0.2) is 0 Å². The molecule has 1 saturated carbocycles. The summed E-state index contributed by atoms with van der Waals surface area (Å²) in [5.74, 6) is 0.589. The van der Waals surface area contributed by atoms with Gasteiger partial charge in [-0.2, -0.15) is 0 Å². The number of nitrogens with zero attached hydrogens (tertiary/aromatic N) is 2. The first-order chi connectivity index (χ1) is 16.3. The van der Waals surface area contributed by atoms with Gasteiger partial charge < -0.3 is 0 Å². The maximum atomic E-state index is 13.6. The summed E-state index contributed by atoms with van der Waals surface area (Å²) in [5, 5.41) is 3.53. The van der Waals surface area contributed by atoms with Crippen LogP contribution in [0.15, 0.2) is 60.1 Å². The SMILES string of the molecule is O=C(C1CCCCCC1)C(CCN1CC=C(c2cccc3ccsc23)CC1)c1ccccn1. The van der Waals surface area contributed by atoms with Crippen molar-refractivity contribution in [3.05, 3.63) is 71.4 Å². The lowest BCUT2D eigenvalue weighted by Crippen LogP contribution is -2.32. The zero-order valence-electron chi connectivity index (χ0n) is 19.4. The molecule has 1 fully saturated rings. The van der Waals surface area contributed by atoms with Gasteiger partial charge >= 0.3 is 0 Å². The first kappa shape index (κ1) is 22.5. The largest absolute Gasteiger partial charge is 0.299 e. The number of fused-ring (bicyclic) bond motifs is 1. The lowest BCUT2D eigenvalue weighted by molar-refractivity contribution is -0.125. The van der Waals surface area contributed by atoms with Crippen molar-refractivity contribution < 1.29 is 4.79 Å². The summed E-state index contributed by atoms with van der Waals surface area (Å²) in [6.07, 6.45) is 13.3. The second-order valence-electron chi connectivity index (χ2n) is 9.61. The van der Waals surface area contributed by atoms with E-state index in [-0.39, 0.29) is 11.8 Å². The molecule has 2 aliphatic rings. The van der Waals surface area contributed by atoms with E-state index in [1.54, 1.807) is 0 Å². The summed E-state index contributed by atoms with van der Waals surface area (Å²) in [6, 6.07) is 14.9. The summed E-state index contributed by atoms with van der Waals surface area (Å²) in [7, 11) is 0. The van der Waals surface area contributed by atoms with Crippen LogP contribution in [0.5, 0.6) is 0 Å². The van der Waals surface area contributed by atoms with Crippen LogP contribution in [0.1, 0.15) is 68.5 Å². The number of aromatic nitrogens is 1. The van der Waals surface area contributed by atoms with Gasteiger partial charge in [0.15, 0.2) is 0 Å². The molecule has 0 spiro atoms. The van der Waals surface area contributed by atoms with E-state index < -0.39 is 0 Å². The van der Waals surface area contributed by atoms with Crippen LogP contribution in [0.4, 0.5) is 0 Å². The molecule has 172 valence electrons. The smallest absolute Gasteiger partial charge is 0.145 e. The molecule has 3 heterocycles. The highest BCUT2D eigenvalue weighted by molar-refractivity contribution is 7.17. The topological polar surface area (TPSA) is 33.2 Å². The molecule has 2 aromatic heterocycles. The Morgan fingerprint density at radius 1 is 1.06 bits per heavy atom. The Labute approximate surface area is 201 Å². The maximum Gasteiger partial charge on any atom is 0.145 e. The average molecular weight is 459 g/mol. The maximum absolute atomic E-state index is 13.6. The van der Waals surface area contributed by atoms with Crippen molar-refractivity contribution in [3.8, 4) is 0 Å². The molecule has 1 atom stereocenters. The fourth-order valence-corrected chi connectivity index (χ4v) is 6.53. The number of carbonyl (C=O) groups is 1. The van der Waals surface area contributed by atoms with Crippen LogP contribution < -0.4 is 0 Å². The fourth-order valence-electron chi connectivity index (χ4n) is 5.58. The predicted molar refractivity (Wildman–Crippen MR) is 139 cm³/mol. The summed E-state index contributed by atoms with van der Waals surface area (Å²) < 4.78 is 1.40. The first-order valence-electron chi connectivity index (χ1n) is 12.6. The molecule has 33 heavy (non-hydrogen) atoms. The van der Waals surface area contributed by atoms with E-state index >= 15 is 0 Å². The predicted octanol–water partition coefficient (Wildman–Crippen LogP) is 7.10. The van der Waals surface area contributed by atoms with Crippen LogP contribution in [-0.4, -0.2) is 35.3 Å². The van der Waals surface area contributed by atoms with Crippen LogP contribution >= 0.6 is 11.3 Å². The van der Waals surface area contributed by atoms with Crippen LogP contribution in [0.2, 0.25) is 0 Å². The Kier molecular flexibility index (Phi) is 7.33. The van der Waals surface area contributed by atoms with E-state index in [0.717, 1.165) is 51.0 Å². The molecule has 0 bridgehead atoms. The molecule has 0 N–H and O–H groups in total. The van der Waals surface area contributed by atoms with E-state index in [2.05, 4.69) is 51.7 Å². The van der Waals surface area contributed by atoms with Gasteiger partial charge in [-0.15, -0.1) is 11.3 Å². The fraction of sp³-hybridized carbons (Fsp3) is 0.448. The quantitative estimate of drug-likeness (QED) is 0.354. The van der Waals surface area contributed by atoms with Crippen molar-refractivity contribution in [2.24, 2.45) is 5.92 Å². The van der Waals surface area contributed by atoms with Crippen molar-refractivity contribution in [2.75, 3.05) is 19.6 Å². The number of thiophene rings is 1. The average Bonchev–Trinajstić information content (AvgIpc) is 3.19. The van der Waals surface area contributed by atoms with E-state index in [4.69, 9.17) is 0 Å². The van der Waals surface area contributed by atoms with E-state index in [9.17, 15) is 4.79 Å². The van der Waals surface area contributed by atoms with Crippen LogP contribution in [0.25, 0.3) is 15.7 Å². The van der Waals surface area contributed by atoms with Crippen molar-refractivity contribution in [1.29, 1.82) is 0 Å². The lowest BCUT2D eigenvalue weighted by atomic mass is 9.83. The molecule has 0 radical (unpaired) electrons. The van der Waals surface area contributed by atoms with Gasteiger partial charge in [0, 0.05) is 29.9 Å². The van der Waals surface area contributed by atoms with Crippen molar-refractivity contribution >= 4 is 32.8 Å². The van der Waals surface area contributed by atoms with Crippen molar-refractivity contribution in [2.45, 2.75) is 57.3 Å². The highest BCUT2D eigenvalue weighted by Gasteiger charge is 2.30. The highest BCUT2D eigenvalue weighted by Crippen LogP contribution is 2.34. The van der Waals surface area contributed by atoms with Crippen molar-refractivity contribution in [3.63, 3.8) is 0 Å². The number of ketones is 1. The molecule has 1 aliphatic carbocycles. The minimum Gasteiger partial charge on any atom is -0.299 e. The van der Waals surface area contributed by atoms with Crippen LogP contribution in [0, 0.1) is 5.92 Å². The normalized spacial score (nSPS) is 19.2. The number of rotatable bonds is 7. The van der Waals surface area contributed by atoms with Gasteiger partial charge in [-0.3, -0.25) is 14.7 Å². The molecular weight excluding hydrogens is 424 g/mol. The molecule has 3 nitrogen and oxygen atoms in total. The Bertz CT molecular complexity index is 1100. The summed E-state index contributed by atoms with van der Waals surface area (Å²) in [6.45, 7) is 2.97. The van der Waals surface area contributed by atoms with E-state index in [1.807, 2.05) is 29.7 Å². The molecular formula is C29H34N2OS. The number of hydrogen-bond acceptors (Lipinski definition) is 4. The van der Waals surface area contributed by atoms with Gasteiger partial charge in [0.2, 0.25) is 0 Å². The Balaban J connectivity index is 1.26. The van der Waals surface area contributed by atoms with Gasteiger partial charge in [-0.05, 0) is 72.3 Å². The third-order valence-electron chi connectivity index (χ3n) is 7.50. The minimum atomic E-state index is -0.0699. The molecule has 1 aromatic carbocycles. The van der Waals surface area contributed by atoms with Gasteiger partial charge in [0.1, 0.15) is 5.78 Å². The molecule has 1 aliphatic heterocycles. The zero-order chi connectivity index (χ0) is 22.5. The number of pyridine rings is 1. The van der Waals surface area contributed by atoms with Crippen LogP contribution in [0.3, 0.4) is 0 Å².